The lowest BCUT2D eigenvalue weighted by atomic mass is 10.1. The summed E-state index contributed by atoms with van der Waals surface area (Å²) in [5.74, 6) is -1.71. The van der Waals surface area contributed by atoms with Crippen LogP contribution in [0.1, 0.15) is 15.9 Å². The number of halogens is 4. The molecule has 0 spiro atoms. The van der Waals surface area contributed by atoms with E-state index in [-0.39, 0.29) is 10.6 Å². The number of carbonyl (C=O) groups excluding carboxylic acids is 1. The van der Waals surface area contributed by atoms with Crippen LogP contribution in [0.4, 0.5) is 14.5 Å². The highest BCUT2D eigenvalue weighted by molar-refractivity contribution is 9.10. The van der Waals surface area contributed by atoms with E-state index in [2.05, 4.69) is 21.2 Å². The van der Waals surface area contributed by atoms with Gasteiger partial charge in [0.05, 0.1) is 9.50 Å². The van der Waals surface area contributed by atoms with Crippen molar-refractivity contribution in [2.45, 2.75) is 6.92 Å². The Bertz CT molecular complexity index is 691. The van der Waals surface area contributed by atoms with Crippen molar-refractivity contribution in [1.82, 2.24) is 0 Å². The van der Waals surface area contributed by atoms with Crippen LogP contribution in [0.3, 0.4) is 0 Å². The number of amides is 1. The molecule has 0 aromatic heterocycles. The maximum absolute atomic E-state index is 13.5. The largest absolute Gasteiger partial charge is 0.322 e. The summed E-state index contributed by atoms with van der Waals surface area (Å²) in [5.41, 5.74) is 1.11. The van der Waals surface area contributed by atoms with Crippen molar-refractivity contribution in [1.29, 1.82) is 0 Å². The maximum atomic E-state index is 13.5. The van der Waals surface area contributed by atoms with Crippen LogP contribution in [0, 0.1) is 18.6 Å². The van der Waals surface area contributed by atoms with E-state index >= 15 is 0 Å². The van der Waals surface area contributed by atoms with Gasteiger partial charge >= 0.3 is 0 Å². The Balaban J connectivity index is 2.27. The van der Waals surface area contributed by atoms with Gasteiger partial charge in [0.1, 0.15) is 11.6 Å². The molecule has 0 radical (unpaired) electrons. The smallest absolute Gasteiger partial charge is 0.255 e. The Labute approximate surface area is 127 Å². The third-order valence-electron chi connectivity index (χ3n) is 2.70. The Morgan fingerprint density at radius 3 is 2.55 bits per heavy atom. The van der Waals surface area contributed by atoms with Crippen LogP contribution in [-0.2, 0) is 0 Å². The summed E-state index contributed by atoms with van der Waals surface area (Å²) in [4.78, 5) is 12.0. The zero-order valence-electron chi connectivity index (χ0n) is 10.3. The maximum Gasteiger partial charge on any atom is 0.255 e. The molecule has 0 atom stereocenters. The lowest BCUT2D eigenvalue weighted by Crippen LogP contribution is -2.13. The Morgan fingerprint density at radius 2 is 1.90 bits per heavy atom. The topological polar surface area (TPSA) is 29.1 Å². The first-order valence-corrected chi connectivity index (χ1v) is 6.77. The summed E-state index contributed by atoms with van der Waals surface area (Å²) in [6.07, 6.45) is 0. The molecule has 2 rings (SSSR count). The van der Waals surface area contributed by atoms with Crippen LogP contribution in [0.2, 0.25) is 5.02 Å². The van der Waals surface area contributed by atoms with Gasteiger partial charge in [0.15, 0.2) is 0 Å². The fourth-order valence-electron chi connectivity index (χ4n) is 1.61. The van der Waals surface area contributed by atoms with Gasteiger partial charge in [0.2, 0.25) is 0 Å². The third kappa shape index (κ3) is 3.16. The molecule has 20 heavy (non-hydrogen) atoms. The van der Waals surface area contributed by atoms with Crippen molar-refractivity contribution in [2.24, 2.45) is 0 Å². The standard InChI is InChI=1S/C14H9BrClF2NO/c1-7-4-9(15)11(17)6-13(7)19-14(20)8-2-3-10(16)12(18)5-8/h2-6H,1H3,(H,19,20). The van der Waals surface area contributed by atoms with Crippen molar-refractivity contribution in [3.63, 3.8) is 0 Å². The summed E-state index contributed by atoms with van der Waals surface area (Å²) in [6.45, 7) is 1.72. The monoisotopic (exact) mass is 359 g/mol. The molecule has 104 valence electrons. The SMILES string of the molecule is Cc1cc(Br)c(F)cc1NC(=O)c1ccc(Cl)c(F)c1. The zero-order valence-corrected chi connectivity index (χ0v) is 12.6. The third-order valence-corrected chi connectivity index (χ3v) is 3.61. The normalized spacial score (nSPS) is 10.4. The second-order valence-electron chi connectivity index (χ2n) is 4.16. The van der Waals surface area contributed by atoms with E-state index < -0.39 is 17.5 Å². The van der Waals surface area contributed by atoms with Gasteiger partial charge < -0.3 is 5.32 Å². The second-order valence-corrected chi connectivity index (χ2v) is 5.43. The van der Waals surface area contributed by atoms with Crippen molar-refractivity contribution < 1.29 is 13.6 Å². The van der Waals surface area contributed by atoms with Crippen LogP contribution >= 0.6 is 27.5 Å². The summed E-state index contributed by atoms with van der Waals surface area (Å²) in [5, 5.41) is 2.47. The quantitative estimate of drug-likeness (QED) is 0.807. The first kappa shape index (κ1) is 14.9. The van der Waals surface area contributed by atoms with Gasteiger partial charge in [-0.05, 0) is 58.7 Å². The van der Waals surface area contributed by atoms with E-state index in [0.29, 0.717) is 15.7 Å². The molecule has 2 aromatic rings. The van der Waals surface area contributed by atoms with Gasteiger partial charge in [-0.1, -0.05) is 11.6 Å². The molecule has 0 bridgehead atoms. The molecule has 1 amide bonds. The number of aryl methyl sites for hydroxylation is 1. The molecule has 0 aliphatic heterocycles. The number of carbonyl (C=O) groups is 1. The highest BCUT2D eigenvalue weighted by Crippen LogP contribution is 2.24. The number of benzene rings is 2. The summed E-state index contributed by atoms with van der Waals surface area (Å²) >= 11 is 8.60. The fraction of sp³-hybridized carbons (Fsp3) is 0.0714. The molecule has 2 aromatic carbocycles. The molecule has 6 heteroatoms. The van der Waals surface area contributed by atoms with Crippen LogP contribution in [0.5, 0.6) is 0 Å². The second kappa shape index (κ2) is 5.89. The van der Waals surface area contributed by atoms with Crippen molar-refractivity contribution >= 4 is 39.1 Å². The average molecular weight is 361 g/mol. The van der Waals surface area contributed by atoms with Gasteiger partial charge in [-0.2, -0.15) is 0 Å². The minimum Gasteiger partial charge on any atom is -0.322 e. The molecule has 0 saturated heterocycles. The van der Waals surface area contributed by atoms with E-state index in [1.54, 1.807) is 13.0 Å². The van der Waals surface area contributed by atoms with Crippen molar-refractivity contribution in [3.05, 3.63) is 62.6 Å². The molecule has 0 fully saturated rings. The van der Waals surface area contributed by atoms with E-state index in [1.165, 1.54) is 18.2 Å². The van der Waals surface area contributed by atoms with Crippen LogP contribution < -0.4 is 5.32 Å². The van der Waals surface area contributed by atoms with Gasteiger partial charge in [-0.25, -0.2) is 8.78 Å². The Hall–Kier alpha value is -1.46. The van der Waals surface area contributed by atoms with E-state index in [9.17, 15) is 13.6 Å². The molecule has 0 heterocycles. The van der Waals surface area contributed by atoms with Gasteiger partial charge in [-0.15, -0.1) is 0 Å². The van der Waals surface area contributed by atoms with Gasteiger partial charge in [-0.3, -0.25) is 4.79 Å². The highest BCUT2D eigenvalue weighted by atomic mass is 79.9. The van der Waals surface area contributed by atoms with Gasteiger partial charge in [0.25, 0.3) is 5.91 Å². The predicted molar refractivity (Wildman–Crippen MR) is 78.2 cm³/mol. The zero-order chi connectivity index (χ0) is 14.9. The average Bonchev–Trinajstić information content (AvgIpc) is 2.39. The van der Waals surface area contributed by atoms with Crippen LogP contribution in [0.25, 0.3) is 0 Å². The number of hydrogen-bond acceptors (Lipinski definition) is 1. The molecule has 0 aliphatic carbocycles. The van der Waals surface area contributed by atoms with Crippen LogP contribution in [0.15, 0.2) is 34.8 Å². The van der Waals surface area contributed by atoms with Gasteiger partial charge in [0, 0.05) is 11.3 Å². The Morgan fingerprint density at radius 1 is 1.20 bits per heavy atom. The lowest BCUT2D eigenvalue weighted by Gasteiger charge is -2.10. The molecule has 0 saturated carbocycles. The van der Waals surface area contributed by atoms with Crippen molar-refractivity contribution in [3.8, 4) is 0 Å². The molecular weight excluding hydrogens is 352 g/mol. The predicted octanol–water partition coefficient (Wildman–Crippen LogP) is 4.94. The van der Waals surface area contributed by atoms with E-state index in [0.717, 1.165) is 6.07 Å². The number of hydrogen-bond donors (Lipinski definition) is 1. The molecule has 0 aliphatic rings. The minimum atomic E-state index is -0.682. The lowest BCUT2D eigenvalue weighted by molar-refractivity contribution is 0.102. The Kier molecular flexibility index (Phi) is 4.40. The number of rotatable bonds is 2. The summed E-state index contributed by atoms with van der Waals surface area (Å²) < 4.78 is 27.1. The molecule has 1 N–H and O–H groups in total. The first-order chi connectivity index (χ1) is 9.38. The summed E-state index contributed by atoms with van der Waals surface area (Å²) in [6, 6.07) is 6.46. The molecular formula is C14H9BrClF2NO. The first-order valence-electron chi connectivity index (χ1n) is 5.60. The minimum absolute atomic E-state index is 0.0626. The molecule has 0 unspecified atom stereocenters. The summed E-state index contributed by atoms with van der Waals surface area (Å²) in [7, 11) is 0. The van der Waals surface area contributed by atoms with E-state index in [4.69, 9.17) is 11.6 Å². The van der Waals surface area contributed by atoms with E-state index in [1.807, 2.05) is 0 Å². The number of anilines is 1. The fourth-order valence-corrected chi connectivity index (χ4v) is 2.19. The van der Waals surface area contributed by atoms with Crippen LogP contribution in [-0.4, -0.2) is 5.91 Å². The van der Waals surface area contributed by atoms with Crippen molar-refractivity contribution in [2.75, 3.05) is 5.32 Å². The molecule has 2 nitrogen and oxygen atoms in total. The highest BCUT2D eigenvalue weighted by Gasteiger charge is 2.12. The number of nitrogens with one attached hydrogen (secondary N) is 1.